The zero-order chi connectivity index (χ0) is 18.7. The van der Waals surface area contributed by atoms with Gasteiger partial charge in [0.1, 0.15) is 12.1 Å². The Morgan fingerprint density at radius 1 is 1.19 bits per heavy atom. The number of nitrogens with zero attached hydrogens (tertiary/aromatic N) is 2. The highest BCUT2D eigenvalue weighted by atomic mass is 16.5. The monoisotopic (exact) mass is 366 g/mol. The van der Waals surface area contributed by atoms with Crippen LogP contribution in [0.3, 0.4) is 0 Å². The molecule has 0 aromatic rings. The van der Waals surface area contributed by atoms with Crippen LogP contribution in [0.4, 0.5) is 9.59 Å². The number of piperidine rings is 1. The summed E-state index contributed by atoms with van der Waals surface area (Å²) in [5.41, 5.74) is -0.804. The lowest BCUT2D eigenvalue weighted by atomic mass is 9.82. The standard InChI is InChI=1S/C17H26N4O5/c1-26-16(25)20-9-5-12(6-10-20)18-13(22)11-21-14(23)17(19-15(21)24)7-3-2-4-8-17/h12H,2-11H2,1H3,(H,18,22)(H,19,24). The Hall–Kier alpha value is -2.32. The predicted molar refractivity (Wildman–Crippen MR) is 91.2 cm³/mol. The Labute approximate surface area is 152 Å². The fraction of sp³-hybridized carbons (Fsp3) is 0.765. The number of methoxy groups -OCH3 is 1. The van der Waals surface area contributed by atoms with Crippen molar-refractivity contribution in [1.82, 2.24) is 20.4 Å². The van der Waals surface area contributed by atoms with Crippen LogP contribution in [-0.2, 0) is 14.3 Å². The molecule has 2 N–H and O–H groups in total. The van der Waals surface area contributed by atoms with Crippen molar-refractivity contribution in [2.24, 2.45) is 0 Å². The first-order chi connectivity index (χ1) is 12.4. The first-order valence-electron chi connectivity index (χ1n) is 9.21. The van der Waals surface area contributed by atoms with E-state index in [9.17, 15) is 19.2 Å². The molecule has 0 aromatic carbocycles. The van der Waals surface area contributed by atoms with Gasteiger partial charge in [0, 0.05) is 19.1 Å². The fourth-order valence-electron chi connectivity index (χ4n) is 4.07. The molecular formula is C17H26N4O5. The van der Waals surface area contributed by atoms with Crippen LogP contribution in [0.2, 0.25) is 0 Å². The number of nitrogens with one attached hydrogen (secondary N) is 2. The quantitative estimate of drug-likeness (QED) is 0.711. The average Bonchev–Trinajstić information content (AvgIpc) is 2.86. The van der Waals surface area contributed by atoms with Gasteiger partial charge in [0.15, 0.2) is 0 Å². The molecule has 0 atom stereocenters. The molecule has 3 aliphatic rings. The second-order valence-electron chi connectivity index (χ2n) is 7.26. The Kier molecular flexibility index (Phi) is 5.33. The van der Waals surface area contributed by atoms with Crippen LogP contribution in [0.15, 0.2) is 0 Å². The second-order valence-corrected chi connectivity index (χ2v) is 7.26. The lowest BCUT2D eigenvalue weighted by Crippen LogP contribution is -2.50. The van der Waals surface area contributed by atoms with Gasteiger partial charge in [-0.2, -0.15) is 0 Å². The summed E-state index contributed by atoms with van der Waals surface area (Å²) < 4.78 is 4.68. The third-order valence-electron chi connectivity index (χ3n) is 5.55. The van der Waals surface area contributed by atoms with Gasteiger partial charge in [0.05, 0.1) is 7.11 Å². The summed E-state index contributed by atoms with van der Waals surface area (Å²) in [5.74, 6) is -0.629. The van der Waals surface area contributed by atoms with Gasteiger partial charge >= 0.3 is 12.1 Å². The molecule has 26 heavy (non-hydrogen) atoms. The minimum absolute atomic E-state index is 0.0761. The van der Waals surface area contributed by atoms with E-state index < -0.39 is 11.6 Å². The van der Waals surface area contributed by atoms with E-state index in [0.717, 1.165) is 24.2 Å². The van der Waals surface area contributed by atoms with E-state index >= 15 is 0 Å². The van der Waals surface area contributed by atoms with Gasteiger partial charge < -0.3 is 20.3 Å². The number of urea groups is 1. The van der Waals surface area contributed by atoms with E-state index in [1.54, 1.807) is 4.90 Å². The first-order valence-corrected chi connectivity index (χ1v) is 9.21. The zero-order valence-corrected chi connectivity index (χ0v) is 15.1. The Balaban J connectivity index is 1.50. The second kappa shape index (κ2) is 7.51. The molecule has 1 spiro atoms. The minimum atomic E-state index is -0.804. The third kappa shape index (κ3) is 3.61. The molecule has 0 radical (unpaired) electrons. The summed E-state index contributed by atoms with van der Waals surface area (Å²) >= 11 is 0. The number of amides is 5. The van der Waals surface area contributed by atoms with Crippen molar-refractivity contribution in [2.45, 2.75) is 56.5 Å². The molecule has 0 bridgehead atoms. The maximum absolute atomic E-state index is 12.7. The SMILES string of the molecule is COC(=O)N1CCC(NC(=O)CN2C(=O)NC3(CCCCC3)C2=O)CC1. The van der Waals surface area contributed by atoms with Crippen LogP contribution in [-0.4, -0.2) is 72.1 Å². The highest BCUT2D eigenvalue weighted by molar-refractivity contribution is 6.09. The molecular weight excluding hydrogens is 340 g/mol. The molecule has 5 amide bonds. The van der Waals surface area contributed by atoms with Crippen molar-refractivity contribution in [2.75, 3.05) is 26.7 Å². The van der Waals surface area contributed by atoms with Gasteiger partial charge in [-0.25, -0.2) is 9.59 Å². The molecule has 2 heterocycles. The van der Waals surface area contributed by atoms with E-state index in [-0.39, 0.29) is 30.5 Å². The zero-order valence-electron chi connectivity index (χ0n) is 15.1. The van der Waals surface area contributed by atoms with E-state index in [1.807, 2.05) is 0 Å². The van der Waals surface area contributed by atoms with Gasteiger partial charge in [-0.3, -0.25) is 14.5 Å². The molecule has 1 saturated carbocycles. The van der Waals surface area contributed by atoms with E-state index in [2.05, 4.69) is 15.4 Å². The van der Waals surface area contributed by atoms with Crippen LogP contribution in [0.1, 0.15) is 44.9 Å². The van der Waals surface area contributed by atoms with Crippen molar-refractivity contribution in [3.8, 4) is 0 Å². The molecule has 0 unspecified atom stereocenters. The Morgan fingerprint density at radius 3 is 2.46 bits per heavy atom. The highest BCUT2D eigenvalue weighted by Crippen LogP contribution is 2.33. The largest absolute Gasteiger partial charge is 0.453 e. The van der Waals surface area contributed by atoms with Crippen LogP contribution < -0.4 is 10.6 Å². The number of imide groups is 1. The first kappa shape index (κ1) is 18.5. The summed E-state index contributed by atoms with van der Waals surface area (Å²) in [6.45, 7) is 0.747. The van der Waals surface area contributed by atoms with E-state index in [1.165, 1.54) is 7.11 Å². The van der Waals surface area contributed by atoms with Crippen LogP contribution >= 0.6 is 0 Å². The maximum Gasteiger partial charge on any atom is 0.409 e. The Bertz CT molecular complexity index is 594. The van der Waals surface area contributed by atoms with Gasteiger partial charge in [0.2, 0.25) is 5.91 Å². The van der Waals surface area contributed by atoms with Gasteiger partial charge in [-0.05, 0) is 25.7 Å². The number of carbonyl (C=O) groups excluding carboxylic acids is 4. The summed E-state index contributed by atoms with van der Waals surface area (Å²) in [4.78, 5) is 51.3. The van der Waals surface area contributed by atoms with E-state index in [0.29, 0.717) is 38.8 Å². The molecule has 2 saturated heterocycles. The van der Waals surface area contributed by atoms with Crippen molar-refractivity contribution in [1.29, 1.82) is 0 Å². The number of hydrogen-bond donors (Lipinski definition) is 2. The predicted octanol–water partition coefficient (Wildman–Crippen LogP) is 0.588. The highest BCUT2D eigenvalue weighted by Gasteiger charge is 2.51. The van der Waals surface area contributed by atoms with E-state index in [4.69, 9.17) is 0 Å². The summed E-state index contributed by atoms with van der Waals surface area (Å²) in [5, 5.41) is 5.67. The molecule has 0 aromatic heterocycles. The smallest absolute Gasteiger partial charge is 0.409 e. The van der Waals surface area contributed by atoms with Gasteiger partial charge in [-0.15, -0.1) is 0 Å². The van der Waals surface area contributed by atoms with Crippen LogP contribution in [0.25, 0.3) is 0 Å². The molecule has 144 valence electrons. The Morgan fingerprint density at radius 2 is 1.85 bits per heavy atom. The fourth-order valence-corrected chi connectivity index (χ4v) is 4.07. The lowest BCUT2D eigenvalue weighted by molar-refractivity contribution is -0.136. The number of carbonyl (C=O) groups is 4. The van der Waals surface area contributed by atoms with Crippen molar-refractivity contribution < 1.29 is 23.9 Å². The number of rotatable bonds is 3. The van der Waals surface area contributed by atoms with Crippen LogP contribution in [0.5, 0.6) is 0 Å². The van der Waals surface area contributed by atoms with Gasteiger partial charge in [0.25, 0.3) is 5.91 Å². The number of hydrogen-bond acceptors (Lipinski definition) is 5. The van der Waals surface area contributed by atoms with Crippen LogP contribution in [0, 0.1) is 0 Å². The van der Waals surface area contributed by atoms with Gasteiger partial charge in [-0.1, -0.05) is 19.3 Å². The summed E-state index contributed by atoms with van der Waals surface area (Å²) in [6.07, 6.45) is 5.02. The lowest BCUT2D eigenvalue weighted by Gasteiger charge is -2.32. The normalized spacial score (nSPS) is 23.1. The maximum atomic E-state index is 12.7. The average molecular weight is 366 g/mol. The van der Waals surface area contributed by atoms with Crippen molar-refractivity contribution in [3.63, 3.8) is 0 Å². The molecule has 9 nitrogen and oxygen atoms in total. The summed E-state index contributed by atoms with van der Waals surface area (Å²) in [6, 6.07) is -0.555. The molecule has 2 aliphatic heterocycles. The molecule has 1 aliphatic carbocycles. The van der Waals surface area contributed by atoms with Crippen molar-refractivity contribution in [3.05, 3.63) is 0 Å². The third-order valence-corrected chi connectivity index (χ3v) is 5.55. The molecule has 3 rings (SSSR count). The topological polar surface area (TPSA) is 108 Å². The van der Waals surface area contributed by atoms with Crippen molar-refractivity contribution >= 4 is 23.9 Å². The minimum Gasteiger partial charge on any atom is -0.453 e. The molecule has 9 heteroatoms. The number of likely N-dealkylation sites (tertiary alicyclic amines) is 1. The summed E-state index contributed by atoms with van der Waals surface area (Å²) in [7, 11) is 1.34. The number of ether oxygens (including phenoxy) is 1. The molecule has 3 fully saturated rings.